The molecule has 0 aliphatic carbocycles. The van der Waals surface area contributed by atoms with E-state index >= 15 is 0 Å². The number of amides is 4. The molecule has 1 aromatic rings. The maximum Gasteiger partial charge on any atom is 0.325 e. The molecule has 0 spiro atoms. The van der Waals surface area contributed by atoms with Crippen LogP contribution in [0.4, 0.5) is 4.79 Å². The molecule has 2 rings (SSSR count). The lowest BCUT2D eigenvalue weighted by molar-refractivity contribution is -0.130. The van der Waals surface area contributed by atoms with Crippen molar-refractivity contribution in [3.05, 3.63) is 29.8 Å². The predicted octanol–water partition coefficient (Wildman–Crippen LogP) is 1.59. The number of rotatable bonds is 6. The number of imide groups is 1. The van der Waals surface area contributed by atoms with Gasteiger partial charge in [-0.15, -0.1) is 0 Å². The first kappa shape index (κ1) is 17.8. The number of benzene rings is 1. The summed E-state index contributed by atoms with van der Waals surface area (Å²) in [6.07, 6.45) is 0.0503. The van der Waals surface area contributed by atoms with E-state index in [0.717, 1.165) is 10.5 Å². The third-order valence-electron chi connectivity index (χ3n) is 3.99. The van der Waals surface area contributed by atoms with Crippen molar-refractivity contribution in [3.63, 3.8) is 0 Å². The number of carbonyl (C=O) groups is 3. The number of methoxy groups -OCH3 is 1. The molecule has 24 heavy (non-hydrogen) atoms. The Labute approximate surface area is 141 Å². The summed E-state index contributed by atoms with van der Waals surface area (Å²) in [5.41, 5.74) is -0.0531. The van der Waals surface area contributed by atoms with Crippen LogP contribution >= 0.6 is 0 Å². The normalized spacial score (nSPS) is 17.4. The largest absolute Gasteiger partial charge is 0.496 e. The van der Waals surface area contributed by atoms with Gasteiger partial charge in [-0.25, -0.2) is 4.79 Å². The summed E-state index contributed by atoms with van der Waals surface area (Å²) in [7, 11) is 1.58. The molecule has 130 valence electrons. The Morgan fingerprint density at radius 2 is 2.00 bits per heavy atom. The second-order valence-electron chi connectivity index (χ2n) is 6.29. The average molecular weight is 333 g/mol. The fourth-order valence-electron chi connectivity index (χ4n) is 2.65. The monoisotopic (exact) mass is 333 g/mol. The maximum atomic E-state index is 12.1. The lowest BCUT2D eigenvalue weighted by atomic mass is 10.1. The third-order valence-corrected chi connectivity index (χ3v) is 3.99. The Morgan fingerprint density at radius 1 is 1.33 bits per heavy atom. The van der Waals surface area contributed by atoms with Gasteiger partial charge in [0.2, 0.25) is 5.91 Å². The molecular weight excluding hydrogens is 310 g/mol. The molecule has 0 aromatic heterocycles. The molecule has 0 saturated carbocycles. The lowest BCUT2D eigenvalue weighted by Crippen LogP contribution is -2.40. The Balaban J connectivity index is 1.92. The van der Waals surface area contributed by atoms with Crippen LogP contribution in [0.25, 0.3) is 0 Å². The second-order valence-corrected chi connectivity index (χ2v) is 6.29. The minimum Gasteiger partial charge on any atom is -0.496 e. The van der Waals surface area contributed by atoms with Crippen LogP contribution in [0.5, 0.6) is 5.75 Å². The topological polar surface area (TPSA) is 87.7 Å². The van der Waals surface area contributed by atoms with Crippen LogP contribution in [-0.2, 0) is 9.59 Å². The van der Waals surface area contributed by atoms with Crippen LogP contribution in [0.15, 0.2) is 24.3 Å². The summed E-state index contributed by atoms with van der Waals surface area (Å²) >= 11 is 0. The maximum absolute atomic E-state index is 12.1. The number of urea groups is 1. The van der Waals surface area contributed by atoms with Crippen LogP contribution in [0.1, 0.15) is 38.8 Å². The molecule has 1 atom stereocenters. The third kappa shape index (κ3) is 3.67. The number of nitrogens with one attached hydrogen (secondary N) is 2. The molecule has 1 aliphatic heterocycles. The SMILES string of the molecule is COc1ccccc1C(C)NC(=O)CCN1C(=O)NC(C)(C)C1=O. The van der Waals surface area contributed by atoms with Crippen LogP contribution in [0.2, 0.25) is 0 Å². The van der Waals surface area contributed by atoms with Gasteiger partial charge in [0.15, 0.2) is 0 Å². The summed E-state index contributed by atoms with van der Waals surface area (Å²) in [6.45, 7) is 5.18. The number of para-hydroxylation sites is 1. The first-order valence-corrected chi connectivity index (χ1v) is 7.82. The van der Waals surface area contributed by atoms with E-state index in [2.05, 4.69) is 10.6 Å². The van der Waals surface area contributed by atoms with E-state index in [-0.39, 0.29) is 30.8 Å². The van der Waals surface area contributed by atoms with Crippen molar-refractivity contribution in [2.24, 2.45) is 0 Å². The van der Waals surface area contributed by atoms with Crippen molar-refractivity contribution < 1.29 is 19.1 Å². The highest BCUT2D eigenvalue weighted by Crippen LogP contribution is 2.24. The predicted molar refractivity (Wildman–Crippen MR) is 88.5 cm³/mol. The fraction of sp³-hybridized carbons (Fsp3) is 0.471. The zero-order valence-corrected chi connectivity index (χ0v) is 14.4. The summed E-state index contributed by atoms with van der Waals surface area (Å²) in [4.78, 5) is 37.1. The molecule has 1 unspecified atom stereocenters. The molecule has 1 saturated heterocycles. The smallest absolute Gasteiger partial charge is 0.325 e. The van der Waals surface area contributed by atoms with E-state index in [1.807, 2.05) is 31.2 Å². The average Bonchev–Trinajstić information content (AvgIpc) is 2.73. The quantitative estimate of drug-likeness (QED) is 0.774. The summed E-state index contributed by atoms with van der Waals surface area (Å²) < 4.78 is 5.28. The first-order valence-electron chi connectivity index (χ1n) is 7.82. The molecule has 4 amide bonds. The number of nitrogens with zero attached hydrogens (tertiary/aromatic N) is 1. The van der Waals surface area contributed by atoms with Crippen molar-refractivity contribution in [3.8, 4) is 5.75 Å². The van der Waals surface area contributed by atoms with Crippen LogP contribution < -0.4 is 15.4 Å². The van der Waals surface area contributed by atoms with Gasteiger partial charge >= 0.3 is 6.03 Å². The number of hydrogen-bond donors (Lipinski definition) is 2. The van der Waals surface area contributed by atoms with E-state index in [1.54, 1.807) is 21.0 Å². The van der Waals surface area contributed by atoms with Gasteiger partial charge in [-0.1, -0.05) is 18.2 Å². The lowest BCUT2D eigenvalue weighted by Gasteiger charge is -2.19. The van der Waals surface area contributed by atoms with Gasteiger partial charge in [0.25, 0.3) is 5.91 Å². The van der Waals surface area contributed by atoms with Crippen molar-refractivity contribution in [1.82, 2.24) is 15.5 Å². The van der Waals surface area contributed by atoms with Gasteiger partial charge in [-0.3, -0.25) is 14.5 Å². The molecule has 1 aromatic carbocycles. The van der Waals surface area contributed by atoms with Gasteiger partial charge < -0.3 is 15.4 Å². The van der Waals surface area contributed by atoms with Gasteiger partial charge in [0.1, 0.15) is 11.3 Å². The van der Waals surface area contributed by atoms with Gasteiger partial charge in [0, 0.05) is 18.5 Å². The van der Waals surface area contributed by atoms with E-state index in [4.69, 9.17) is 4.74 Å². The van der Waals surface area contributed by atoms with E-state index in [1.165, 1.54) is 0 Å². The summed E-state index contributed by atoms with van der Waals surface area (Å²) in [5.74, 6) is 0.137. The minimum atomic E-state index is -0.918. The van der Waals surface area contributed by atoms with Crippen LogP contribution in [-0.4, -0.2) is 41.9 Å². The van der Waals surface area contributed by atoms with Crippen LogP contribution in [0, 0.1) is 0 Å². The Bertz CT molecular complexity index is 657. The van der Waals surface area contributed by atoms with E-state index in [0.29, 0.717) is 5.75 Å². The molecule has 1 aliphatic rings. The standard InChI is InChI=1S/C17H23N3O4/c1-11(12-7-5-6-8-13(12)24-4)18-14(21)9-10-20-15(22)17(2,3)19-16(20)23/h5-8,11H,9-10H2,1-4H3,(H,18,21)(H,19,23). The molecule has 1 fully saturated rings. The molecule has 1 heterocycles. The molecule has 0 bridgehead atoms. The highest BCUT2D eigenvalue weighted by atomic mass is 16.5. The van der Waals surface area contributed by atoms with Crippen molar-refractivity contribution in [2.45, 2.75) is 38.8 Å². The van der Waals surface area contributed by atoms with Gasteiger partial charge in [0.05, 0.1) is 13.2 Å². The number of carbonyl (C=O) groups excluding carboxylic acids is 3. The Kier molecular flexibility index (Phi) is 5.11. The van der Waals surface area contributed by atoms with Gasteiger partial charge in [-0.2, -0.15) is 0 Å². The highest BCUT2D eigenvalue weighted by Gasteiger charge is 2.44. The zero-order valence-electron chi connectivity index (χ0n) is 14.4. The molecule has 7 heteroatoms. The first-order chi connectivity index (χ1) is 11.3. The zero-order chi connectivity index (χ0) is 17.9. The fourth-order valence-corrected chi connectivity index (χ4v) is 2.65. The van der Waals surface area contributed by atoms with Crippen molar-refractivity contribution in [2.75, 3.05) is 13.7 Å². The van der Waals surface area contributed by atoms with Crippen molar-refractivity contribution in [1.29, 1.82) is 0 Å². The van der Waals surface area contributed by atoms with E-state index in [9.17, 15) is 14.4 Å². The van der Waals surface area contributed by atoms with Gasteiger partial charge in [-0.05, 0) is 26.8 Å². The second kappa shape index (κ2) is 6.90. The van der Waals surface area contributed by atoms with E-state index < -0.39 is 11.6 Å². The Morgan fingerprint density at radius 3 is 2.58 bits per heavy atom. The van der Waals surface area contributed by atoms with Crippen molar-refractivity contribution >= 4 is 17.8 Å². The summed E-state index contributed by atoms with van der Waals surface area (Å²) in [5, 5.41) is 5.44. The number of ether oxygens (including phenoxy) is 1. The molecule has 2 N–H and O–H groups in total. The Hall–Kier alpha value is -2.57. The van der Waals surface area contributed by atoms with Crippen LogP contribution in [0.3, 0.4) is 0 Å². The highest BCUT2D eigenvalue weighted by molar-refractivity contribution is 6.06. The number of hydrogen-bond acceptors (Lipinski definition) is 4. The molecule has 0 radical (unpaired) electrons. The molecular formula is C17H23N3O4. The summed E-state index contributed by atoms with van der Waals surface area (Å²) in [6, 6.07) is 6.73. The minimum absolute atomic E-state index is 0.0503. The molecule has 7 nitrogen and oxygen atoms in total.